The summed E-state index contributed by atoms with van der Waals surface area (Å²) in [6, 6.07) is 11.8. The first-order valence-corrected chi connectivity index (χ1v) is 11.0. The molecule has 0 spiro atoms. The van der Waals surface area contributed by atoms with Gasteiger partial charge in [0.25, 0.3) is 5.91 Å². The Kier molecular flexibility index (Phi) is 5.83. The topological polar surface area (TPSA) is 136 Å². The first-order chi connectivity index (χ1) is 14.9. The lowest BCUT2D eigenvalue weighted by molar-refractivity contribution is 0.0705. The van der Waals surface area contributed by atoms with E-state index in [1.54, 1.807) is 23.1 Å². The maximum absolute atomic E-state index is 13.3. The van der Waals surface area contributed by atoms with Crippen LogP contribution in [0.25, 0.3) is 10.8 Å². The van der Waals surface area contributed by atoms with Crippen molar-refractivity contribution in [1.82, 2.24) is 19.8 Å². The van der Waals surface area contributed by atoms with Gasteiger partial charge in [-0.25, -0.2) is 23.9 Å². The number of hydrogen-bond acceptors (Lipinski definition) is 8. The van der Waals surface area contributed by atoms with Gasteiger partial charge in [0.1, 0.15) is 0 Å². The molecule has 1 aliphatic heterocycles. The van der Waals surface area contributed by atoms with Crippen LogP contribution < -0.4 is 10.4 Å². The summed E-state index contributed by atoms with van der Waals surface area (Å²) >= 11 is 0. The van der Waals surface area contributed by atoms with E-state index in [1.807, 2.05) is 24.3 Å². The van der Waals surface area contributed by atoms with Gasteiger partial charge in [-0.15, -0.1) is 0 Å². The zero-order valence-electron chi connectivity index (χ0n) is 16.4. The summed E-state index contributed by atoms with van der Waals surface area (Å²) in [4.78, 5) is 21.6. The molecule has 3 aromatic rings. The third-order valence-corrected chi connectivity index (χ3v) is 7.20. The van der Waals surface area contributed by atoms with Crippen LogP contribution in [-0.4, -0.2) is 71.2 Å². The van der Waals surface area contributed by atoms with Gasteiger partial charge >= 0.3 is 0 Å². The van der Waals surface area contributed by atoms with Crippen LogP contribution in [0.2, 0.25) is 0 Å². The van der Waals surface area contributed by atoms with Crippen molar-refractivity contribution in [3.05, 3.63) is 60.4 Å². The average molecular weight is 443 g/mol. The third-order valence-electron chi connectivity index (χ3n) is 5.25. The highest BCUT2D eigenvalue weighted by Gasteiger charge is 2.36. The fraction of sp³-hybridized carbons (Fsp3) is 0.250. The molecule has 3 N–H and O–H groups in total. The summed E-state index contributed by atoms with van der Waals surface area (Å²) in [6.07, 6.45) is 2.53. The van der Waals surface area contributed by atoms with Crippen LogP contribution in [-0.2, 0) is 10.0 Å². The van der Waals surface area contributed by atoms with Crippen molar-refractivity contribution in [1.29, 1.82) is 0 Å². The lowest BCUT2D eigenvalue weighted by Gasteiger charge is -2.39. The van der Waals surface area contributed by atoms with Gasteiger partial charge in [0.05, 0.1) is 23.1 Å². The molecule has 2 heterocycles. The Morgan fingerprint density at radius 2 is 1.81 bits per heavy atom. The highest BCUT2D eigenvalue weighted by Crippen LogP contribution is 2.26. The molecule has 0 aliphatic carbocycles. The van der Waals surface area contributed by atoms with Crippen molar-refractivity contribution >= 4 is 32.7 Å². The summed E-state index contributed by atoms with van der Waals surface area (Å²) in [5.41, 5.74) is 1.59. The molecule has 0 bridgehead atoms. The van der Waals surface area contributed by atoms with Gasteiger partial charge in [0, 0.05) is 32.0 Å². The van der Waals surface area contributed by atoms with E-state index in [2.05, 4.69) is 9.97 Å². The molecular weight excluding hydrogens is 422 g/mol. The van der Waals surface area contributed by atoms with Crippen molar-refractivity contribution in [2.45, 2.75) is 10.9 Å². The molecule has 10 nitrogen and oxygen atoms in total. The summed E-state index contributed by atoms with van der Waals surface area (Å²) in [6.45, 7) is 0.278. The van der Waals surface area contributed by atoms with Gasteiger partial charge in [0.2, 0.25) is 16.0 Å². The molecule has 11 heteroatoms. The molecule has 1 amide bonds. The maximum atomic E-state index is 13.3. The van der Waals surface area contributed by atoms with Gasteiger partial charge in [-0.3, -0.25) is 10.0 Å². The van der Waals surface area contributed by atoms with Crippen LogP contribution in [0.4, 0.5) is 5.95 Å². The van der Waals surface area contributed by atoms with E-state index in [9.17, 15) is 18.3 Å². The summed E-state index contributed by atoms with van der Waals surface area (Å²) < 4.78 is 27.9. The number of aromatic nitrogens is 2. The van der Waals surface area contributed by atoms with Crippen LogP contribution in [0.5, 0.6) is 0 Å². The molecule has 1 unspecified atom stereocenters. The fourth-order valence-corrected chi connectivity index (χ4v) is 5.25. The lowest BCUT2D eigenvalue weighted by Crippen LogP contribution is -2.57. The van der Waals surface area contributed by atoms with Crippen molar-refractivity contribution in [2.24, 2.45) is 0 Å². The molecule has 31 heavy (non-hydrogen) atoms. The smallest absolute Gasteiger partial charge is 0.277 e. The van der Waals surface area contributed by atoms with Crippen LogP contribution in [0.15, 0.2) is 59.8 Å². The van der Waals surface area contributed by atoms with Gasteiger partial charge < -0.3 is 10.0 Å². The van der Waals surface area contributed by atoms with Crippen molar-refractivity contribution in [2.75, 3.05) is 31.1 Å². The normalized spacial score (nSPS) is 17.6. The molecule has 162 valence electrons. The molecule has 1 saturated heterocycles. The number of aliphatic hydroxyl groups is 1. The number of piperazine rings is 1. The average Bonchev–Trinajstić information content (AvgIpc) is 2.82. The van der Waals surface area contributed by atoms with Crippen LogP contribution in [0, 0.1) is 0 Å². The van der Waals surface area contributed by atoms with Crippen molar-refractivity contribution in [3.8, 4) is 0 Å². The lowest BCUT2D eigenvalue weighted by atomic mass is 10.1. The van der Waals surface area contributed by atoms with E-state index < -0.39 is 22.0 Å². The van der Waals surface area contributed by atoms with Crippen LogP contribution >= 0.6 is 0 Å². The molecule has 1 aliphatic rings. The van der Waals surface area contributed by atoms with Crippen molar-refractivity contribution in [3.63, 3.8) is 0 Å². The Morgan fingerprint density at radius 3 is 2.48 bits per heavy atom. The van der Waals surface area contributed by atoms with E-state index >= 15 is 0 Å². The largest absolute Gasteiger partial charge is 0.395 e. The number of hydrogen-bond donors (Lipinski definition) is 3. The number of carbonyl (C=O) groups excluding carboxylic acids is 1. The molecule has 1 fully saturated rings. The number of anilines is 1. The highest BCUT2D eigenvalue weighted by atomic mass is 32.2. The van der Waals surface area contributed by atoms with Crippen LogP contribution in [0.1, 0.15) is 10.4 Å². The number of fused-ring (bicyclic) bond motifs is 1. The maximum Gasteiger partial charge on any atom is 0.277 e. The number of aliphatic hydroxyl groups excluding tert-OH is 1. The second-order valence-corrected chi connectivity index (χ2v) is 9.01. The molecule has 0 radical (unpaired) electrons. The van der Waals surface area contributed by atoms with E-state index in [0.717, 1.165) is 10.8 Å². The number of carbonyl (C=O) groups is 1. The zero-order chi connectivity index (χ0) is 22.0. The van der Waals surface area contributed by atoms with Gasteiger partial charge in [0.15, 0.2) is 0 Å². The minimum Gasteiger partial charge on any atom is -0.395 e. The summed E-state index contributed by atoms with van der Waals surface area (Å²) in [7, 11) is -3.82. The molecular formula is C20H21N5O5S. The molecule has 0 saturated carbocycles. The second kappa shape index (κ2) is 8.55. The number of sulfonamides is 1. The highest BCUT2D eigenvalue weighted by molar-refractivity contribution is 7.89. The standard InChI is InChI=1S/C20H21N5O5S/c26-13-17-12-24(20-21-10-16(11-22-20)19(27)23-28)7-8-25(17)31(29,30)18-6-5-14-3-1-2-4-15(14)9-18/h1-6,9-11,17,26,28H,7-8,12-13H2,(H,23,27). The molecule has 4 rings (SSSR count). The predicted molar refractivity (Wildman–Crippen MR) is 112 cm³/mol. The zero-order valence-corrected chi connectivity index (χ0v) is 17.2. The minimum atomic E-state index is -3.82. The molecule has 1 atom stereocenters. The fourth-order valence-electron chi connectivity index (χ4n) is 3.62. The SMILES string of the molecule is O=C(NO)c1cnc(N2CCN(S(=O)(=O)c3ccc4ccccc4c3)C(CO)C2)nc1. The van der Waals surface area contributed by atoms with Crippen LogP contribution in [0.3, 0.4) is 0 Å². The monoisotopic (exact) mass is 443 g/mol. The number of hydroxylamine groups is 1. The Morgan fingerprint density at radius 1 is 1.10 bits per heavy atom. The minimum absolute atomic E-state index is 0.0856. The quantitative estimate of drug-likeness (QED) is 0.386. The Bertz CT molecular complexity index is 1200. The first-order valence-electron chi connectivity index (χ1n) is 9.57. The number of nitrogens with one attached hydrogen (secondary N) is 1. The number of benzene rings is 2. The Hall–Kier alpha value is -3.12. The number of rotatable bonds is 5. The van der Waals surface area contributed by atoms with Gasteiger partial charge in [-0.05, 0) is 22.9 Å². The van der Waals surface area contributed by atoms with E-state index in [0.29, 0.717) is 12.5 Å². The second-order valence-electron chi connectivity index (χ2n) is 7.12. The van der Waals surface area contributed by atoms with E-state index in [-0.39, 0.29) is 30.2 Å². The number of amides is 1. The number of nitrogens with zero attached hydrogens (tertiary/aromatic N) is 4. The van der Waals surface area contributed by atoms with Gasteiger partial charge in [-0.2, -0.15) is 4.31 Å². The summed E-state index contributed by atoms with van der Waals surface area (Å²) in [5, 5.41) is 20.3. The van der Waals surface area contributed by atoms with Crippen molar-refractivity contribution < 1.29 is 23.5 Å². The van der Waals surface area contributed by atoms with Gasteiger partial charge in [-0.1, -0.05) is 30.3 Å². The molecule has 2 aromatic carbocycles. The third kappa shape index (κ3) is 4.08. The molecule has 1 aromatic heterocycles. The van der Waals surface area contributed by atoms with E-state index in [4.69, 9.17) is 5.21 Å². The Labute approximate surface area is 178 Å². The first kappa shape index (κ1) is 21.1. The van der Waals surface area contributed by atoms with E-state index in [1.165, 1.54) is 22.2 Å². The predicted octanol–water partition coefficient (Wildman–Crippen LogP) is 0.621. The Balaban J connectivity index is 1.56. The summed E-state index contributed by atoms with van der Waals surface area (Å²) in [5.74, 6) is -0.429.